The molecule has 1 aliphatic rings. The highest BCUT2D eigenvalue weighted by Gasteiger charge is 2.15. The fraction of sp³-hybridized carbons (Fsp3) is 0.769. The average molecular weight is 192 g/mol. The summed E-state index contributed by atoms with van der Waals surface area (Å²) >= 11 is 0. The summed E-state index contributed by atoms with van der Waals surface area (Å²) in [5.41, 5.74) is 0. The van der Waals surface area contributed by atoms with E-state index in [0.717, 1.165) is 6.42 Å². The first-order valence-electron chi connectivity index (χ1n) is 5.74. The number of carbonyl (C=O) groups excluding carboxylic acids is 1. The Balaban J connectivity index is 2.25. The lowest BCUT2D eigenvalue weighted by Gasteiger charge is -2.11. The van der Waals surface area contributed by atoms with Gasteiger partial charge in [0, 0.05) is 6.42 Å². The minimum atomic E-state index is 0.339. The third-order valence-electron chi connectivity index (χ3n) is 2.95. The summed E-state index contributed by atoms with van der Waals surface area (Å²) in [5.74, 6) is 6.63. The lowest BCUT2D eigenvalue weighted by atomic mass is 9.93. The molecule has 0 spiro atoms. The molecule has 0 amide bonds. The van der Waals surface area contributed by atoms with Gasteiger partial charge in [0.1, 0.15) is 5.78 Å². The van der Waals surface area contributed by atoms with Gasteiger partial charge in [-0.05, 0) is 12.8 Å². The van der Waals surface area contributed by atoms with Gasteiger partial charge in [0.2, 0.25) is 0 Å². The van der Waals surface area contributed by atoms with Crippen molar-refractivity contribution in [2.45, 2.75) is 58.3 Å². The molecule has 1 aliphatic carbocycles. The van der Waals surface area contributed by atoms with Crippen molar-refractivity contribution in [3.63, 3.8) is 0 Å². The van der Waals surface area contributed by atoms with E-state index in [2.05, 4.69) is 11.8 Å². The fourth-order valence-electron chi connectivity index (χ4n) is 2.15. The molecule has 0 bridgehead atoms. The quantitative estimate of drug-likeness (QED) is 0.495. The zero-order chi connectivity index (χ0) is 10.2. The van der Waals surface area contributed by atoms with Crippen LogP contribution in [0.15, 0.2) is 0 Å². The van der Waals surface area contributed by atoms with Crippen LogP contribution in [0.1, 0.15) is 58.3 Å². The van der Waals surface area contributed by atoms with Crippen molar-refractivity contribution < 1.29 is 4.79 Å². The number of hydrogen-bond acceptors (Lipinski definition) is 1. The molecule has 0 heterocycles. The molecule has 1 nitrogen and oxygen atoms in total. The van der Waals surface area contributed by atoms with Crippen molar-refractivity contribution in [3.8, 4) is 11.8 Å². The predicted octanol–water partition coefficient (Wildman–Crippen LogP) is 3.33. The highest BCUT2D eigenvalue weighted by atomic mass is 16.1. The summed E-state index contributed by atoms with van der Waals surface area (Å²) < 4.78 is 0. The Hall–Kier alpha value is -0.770. The van der Waals surface area contributed by atoms with Crippen LogP contribution in [0.25, 0.3) is 0 Å². The van der Waals surface area contributed by atoms with Gasteiger partial charge in [0.15, 0.2) is 0 Å². The smallest absolute Gasteiger partial charge is 0.145 e. The van der Waals surface area contributed by atoms with E-state index in [9.17, 15) is 4.79 Å². The molecule has 78 valence electrons. The maximum atomic E-state index is 11.5. The largest absolute Gasteiger partial charge is 0.299 e. The third-order valence-corrected chi connectivity index (χ3v) is 2.95. The van der Waals surface area contributed by atoms with E-state index in [-0.39, 0.29) is 0 Å². The Morgan fingerprint density at radius 1 is 1.21 bits per heavy atom. The summed E-state index contributed by atoms with van der Waals surface area (Å²) in [4.78, 5) is 11.5. The first-order chi connectivity index (χ1) is 6.83. The Morgan fingerprint density at radius 3 is 2.43 bits per heavy atom. The standard InChI is InChI=1S/C13H20O/c1-2-3-10-13(14)11-12-8-6-4-5-7-9-12/h12H,4-11H2,1H3. The van der Waals surface area contributed by atoms with E-state index in [1.165, 1.54) is 38.5 Å². The number of hydrogen-bond donors (Lipinski definition) is 0. The molecule has 0 unspecified atom stereocenters. The van der Waals surface area contributed by atoms with Crippen molar-refractivity contribution >= 4 is 5.78 Å². The van der Waals surface area contributed by atoms with Gasteiger partial charge >= 0.3 is 0 Å². The number of ketones is 1. The molecule has 1 saturated carbocycles. The van der Waals surface area contributed by atoms with Crippen LogP contribution in [0.4, 0.5) is 0 Å². The van der Waals surface area contributed by atoms with Crippen LogP contribution in [-0.2, 0) is 4.79 Å². The monoisotopic (exact) mass is 192 g/mol. The van der Waals surface area contributed by atoms with Gasteiger partial charge < -0.3 is 0 Å². The molecule has 0 saturated heterocycles. The second-order valence-electron chi connectivity index (χ2n) is 4.20. The van der Waals surface area contributed by atoms with Gasteiger partial charge in [-0.15, -0.1) is 5.92 Å². The van der Waals surface area contributed by atoms with Gasteiger partial charge in [-0.2, -0.15) is 0 Å². The zero-order valence-electron chi connectivity index (χ0n) is 9.14. The molecule has 0 aliphatic heterocycles. The molecule has 0 aromatic rings. The lowest BCUT2D eigenvalue weighted by molar-refractivity contribution is -0.119. The molecule has 0 aromatic carbocycles. The van der Waals surface area contributed by atoms with Crippen molar-refractivity contribution in [2.24, 2.45) is 5.92 Å². The van der Waals surface area contributed by atoms with Crippen LogP contribution < -0.4 is 0 Å². The Morgan fingerprint density at radius 2 is 1.86 bits per heavy atom. The van der Waals surface area contributed by atoms with Gasteiger partial charge in [-0.3, -0.25) is 4.79 Å². The summed E-state index contributed by atoms with van der Waals surface area (Å²) in [6.07, 6.45) is 9.10. The molecule has 0 atom stereocenters. The number of Topliss-reactive ketones (excluding diaryl/α,β-unsaturated/α-hetero) is 1. The van der Waals surface area contributed by atoms with E-state index < -0.39 is 0 Å². The highest BCUT2D eigenvalue weighted by Crippen LogP contribution is 2.25. The van der Waals surface area contributed by atoms with Gasteiger partial charge in [-0.1, -0.05) is 44.4 Å². The fourth-order valence-corrected chi connectivity index (χ4v) is 2.15. The highest BCUT2D eigenvalue weighted by molar-refractivity contribution is 5.80. The molecule has 1 fully saturated rings. The Labute approximate surface area is 87.3 Å². The first-order valence-corrected chi connectivity index (χ1v) is 5.74. The molecule has 14 heavy (non-hydrogen) atoms. The summed E-state index contributed by atoms with van der Waals surface area (Å²) in [5, 5.41) is 0. The maximum absolute atomic E-state index is 11.5. The molecule has 0 aromatic heterocycles. The minimum Gasteiger partial charge on any atom is -0.299 e. The van der Waals surface area contributed by atoms with Crippen molar-refractivity contribution in [3.05, 3.63) is 0 Å². The van der Waals surface area contributed by atoms with Crippen molar-refractivity contribution in [1.82, 2.24) is 0 Å². The lowest BCUT2D eigenvalue weighted by Crippen LogP contribution is -2.07. The molecule has 0 radical (unpaired) electrons. The van der Waals surface area contributed by atoms with E-state index in [1.807, 2.05) is 0 Å². The summed E-state index contributed by atoms with van der Waals surface area (Å²) in [6.45, 7) is 1.79. The number of rotatable bonds is 3. The van der Waals surface area contributed by atoms with E-state index in [4.69, 9.17) is 0 Å². The Kier molecular flexibility index (Phi) is 5.37. The molecule has 1 rings (SSSR count). The second kappa shape index (κ2) is 6.65. The molecule has 0 N–H and O–H groups in total. The summed E-state index contributed by atoms with van der Waals surface area (Å²) in [7, 11) is 0. The topological polar surface area (TPSA) is 17.1 Å². The van der Waals surface area contributed by atoms with Crippen molar-refractivity contribution in [1.29, 1.82) is 0 Å². The molecular formula is C13H20O. The normalized spacial score (nSPS) is 18.1. The SMILES string of the molecule is CC#CCC(=O)CC1CCCCCC1. The van der Waals surface area contributed by atoms with Crippen LogP contribution >= 0.6 is 0 Å². The van der Waals surface area contributed by atoms with Crippen LogP contribution in [0.2, 0.25) is 0 Å². The minimum absolute atomic E-state index is 0.339. The second-order valence-corrected chi connectivity index (χ2v) is 4.20. The maximum Gasteiger partial charge on any atom is 0.145 e. The van der Waals surface area contributed by atoms with Crippen LogP contribution in [0, 0.1) is 17.8 Å². The third kappa shape index (κ3) is 4.46. The van der Waals surface area contributed by atoms with E-state index in [1.54, 1.807) is 6.92 Å². The predicted molar refractivity (Wildman–Crippen MR) is 58.9 cm³/mol. The van der Waals surface area contributed by atoms with E-state index in [0.29, 0.717) is 18.1 Å². The van der Waals surface area contributed by atoms with Gasteiger partial charge in [0.25, 0.3) is 0 Å². The molecule has 1 heteroatoms. The number of carbonyl (C=O) groups is 1. The van der Waals surface area contributed by atoms with Gasteiger partial charge in [-0.25, -0.2) is 0 Å². The van der Waals surface area contributed by atoms with Crippen LogP contribution in [0.3, 0.4) is 0 Å². The zero-order valence-corrected chi connectivity index (χ0v) is 9.14. The van der Waals surface area contributed by atoms with Gasteiger partial charge in [0.05, 0.1) is 6.42 Å². The van der Waals surface area contributed by atoms with E-state index >= 15 is 0 Å². The average Bonchev–Trinajstić information content (AvgIpc) is 2.43. The van der Waals surface area contributed by atoms with Crippen molar-refractivity contribution in [2.75, 3.05) is 0 Å². The van der Waals surface area contributed by atoms with Crippen LogP contribution in [-0.4, -0.2) is 5.78 Å². The van der Waals surface area contributed by atoms with Crippen LogP contribution in [0.5, 0.6) is 0 Å². The Bertz CT molecular complexity index is 223. The summed E-state index contributed by atoms with van der Waals surface area (Å²) in [6, 6.07) is 0. The first kappa shape index (κ1) is 11.3. The molecular weight excluding hydrogens is 172 g/mol.